The topological polar surface area (TPSA) is 64.6 Å². The van der Waals surface area contributed by atoms with Crippen molar-refractivity contribution >= 4 is 29.1 Å². The van der Waals surface area contributed by atoms with Crippen molar-refractivity contribution in [3.05, 3.63) is 0 Å². The number of amides is 1. The summed E-state index contributed by atoms with van der Waals surface area (Å²) in [4.78, 5) is 22.8. The van der Waals surface area contributed by atoms with Crippen molar-refractivity contribution < 1.29 is 19.1 Å². The normalized spacial score (nSPS) is 15.2. The molecule has 0 radical (unpaired) electrons. The maximum Gasteiger partial charge on any atom is 0.397 e. The number of hydrogen-bond donors (Lipinski definition) is 1. The summed E-state index contributed by atoms with van der Waals surface area (Å²) in [6.07, 6.45) is 4.16. The number of nitrogens with one attached hydrogen (secondary N) is 1. The lowest BCUT2D eigenvalue weighted by atomic mass is 10.3. The maximum atomic E-state index is 11.4. The van der Waals surface area contributed by atoms with E-state index >= 15 is 0 Å². The van der Waals surface area contributed by atoms with E-state index in [9.17, 15) is 9.59 Å². The molecule has 0 heterocycles. The molecule has 1 N–H and O–H groups in total. The van der Waals surface area contributed by atoms with Gasteiger partial charge in [-0.1, -0.05) is 0 Å². The number of ether oxygens (including phenoxy) is 2. The van der Waals surface area contributed by atoms with Gasteiger partial charge in [0, 0.05) is 13.0 Å². The first-order valence-corrected chi connectivity index (χ1v) is 6.68. The van der Waals surface area contributed by atoms with E-state index in [-0.39, 0.29) is 12.6 Å². The monoisotopic (exact) mass is 273 g/mol. The third kappa shape index (κ3) is 5.44. The predicted molar refractivity (Wildman–Crippen MR) is 70.2 cm³/mol. The lowest BCUT2D eigenvalue weighted by molar-refractivity contribution is -0.158. The van der Waals surface area contributed by atoms with Gasteiger partial charge in [-0.15, -0.1) is 0 Å². The summed E-state index contributed by atoms with van der Waals surface area (Å²) >= 11 is 4.90. The van der Waals surface area contributed by atoms with Gasteiger partial charge >= 0.3 is 11.9 Å². The summed E-state index contributed by atoms with van der Waals surface area (Å²) in [7, 11) is 0. The van der Waals surface area contributed by atoms with Gasteiger partial charge < -0.3 is 14.8 Å². The zero-order chi connectivity index (χ0) is 13.4. The third-order valence-electron chi connectivity index (χ3n) is 2.68. The van der Waals surface area contributed by atoms with Crippen molar-refractivity contribution in [3.63, 3.8) is 0 Å². The van der Waals surface area contributed by atoms with Crippen LogP contribution in [0.2, 0.25) is 0 Å². The quantitative estimate of drug-likeness (QED) is 0.465. The van der Waals surface area contributed by atoms with Crippen LogP contribution in [0.15, 0.2) is 0 Å². The van der Waals surface area contributed by atoms with E-state index < -0.39 is 11.9 Å². The largest absolute Gasteiger partial charge is 0.487 e. The average molecular weight is 273 g/mol. The summed E-state index contributed by atoms with van der Waals surface area (Å²) in [6, 6.07) is 0. The fourth-order valence-electron chi connectivity index (χ4n) is 1.79. The summed E-state index contributed by atoms with van der Waals surface area (Å²) in [5.41, 5.74) is 0. The Balaban J connectivity index is 2.15. The van der Waals surface area contributed by atoms with Gasteiger partial charge in [0.05, 0.1) is 6.61 Å². The first-order chi connectivity index (χ1) is 8.63. The van der Waals surface area contributed by atoms with Crippen LogP contribution in [0.25, 0.3) is 0 Å². The fraction of sp³-hybridized carbons (Fsp3) is 0.750. The molecule has 0 unspecified atom stereocenters. The minimum Gasteiger partial charge on any atom is -0.487 e. The Bertz CT molecular complexity index is 313. The zero-order valence-corrected chi connectivity index (χ0v) is 11.4. The molecule has 0 aromatic rings. The van der Waals surface area contributed by atoms with Crippen LogP contribution >= 0.6 is 12.2 Å². The zero-order valence-electron chi connectivity index (χ0n) is 10.6. The van der Waals surface area contributed by atoms with Crippen LogP contribution in [0.1, 0.15) is 39.0 Å². The highest BCUT2D eigenvalue weighted by molar-refractivity contribution is 7.80. The second kappa shape index (κ2) is 8.02. The van der Waals surface area contributed by atoms with Gasteiger partial charge in [0.1, 0.15) is 6.10 Å². The Morgan fingerprint density at radius 1 is 1.33 bits per heavy atom. The number of hydrogen-bond acceptors (Lipinski definition) is 5. The van der Waals surface area contributed by atoms with Gasteiger partial charge in [0.25, 0.3) is 0 Å². The van der Waals surface area contributed by atoms with Crippen LogP contribution in [-0.2, 0) is 19.1 Å². The molecule has 0 saturated heterocycles. The lowest BCUT2D eigenvalue weighted by Crippen LogP contribution is -2.35. The summed E-state index contributed by atoms with van der Waals surface area (Å²) in [5, 5.41) is 2.90. The highest BCUT2D eigenvalue weighted by Crippen LogP contribution is 2.20. The van der Waals surface area contributed by atoms with Gasteiger partial charge in [-0.3, -0.25) is 4.79 Å². The van der Waals surface area contributed by atoms with E-state index in [0.717, 1.165) is 25.7 Å². The van der Waals surface area contributed by atoms with E-state index in [1.807, 2.05) is 6.92 Å². The molecule has 0 bridgehead atoms. The molecule has 1 aliphatic carbocycles. The fourth-order valence-corrected chi connectivity index (χ4v) is 2.01. The van der Waals surface area contributed by atoms with Gasteiger partial charge in [0.15, 0.2) is 5.05 Å². The maximum absolute atomic E-state index is 11.4. The Labute approximate surface area is 112 Å². The molecule has 1 rings (SSSR count). The van der Waals surface area contributed by atoms with Gasteiger partial charge in [-0.2, -0.15) is 0 Å². The Morgan fingerprint density at radius 3 is 2.61 bits per heavy atom. The van der Waals surface area contributed by atoms with E-state index in [4.69, 9.17) is 21.7 Å². The molecular weight excluding hydrogens is 254 g/mol. The number of esters is 1. The number of rotatable bonds is 5. The van der Waals surface area contributed by atoms with Crippen LogP contribution in [0.3, 0.4) is 0 Å². The molecule has 0 spiro atoms. The highest BCUT2D eigenvalue weighted by atomic mass is 32.1. The van der Waals surface area contributed by atoms with Gasteiger partial charge in [-0.25, -0.2) is 4.79 Å². The Morgan fingerprint density at radius 2 is 2.00 bits per heavy atom. The van der Waals surface area contributed by atoms with Gasteiger partial charge in [-0.05, 0) is 44.8 Å². The molecule has 0 aliphatic heterocycles. The van der Waals surface area contributed by atoms with E-state index in [2.05, 4.69) is 5.32 Å². The molecule has 102 valence electrons. The molecule has 0 aromatic carbocycles. The molecule has 6 heteroatoms. The standard InChI is InChI=1S/C12H19NO4S/c1-2-16-10(18)7-8-13-11(14)12(15)17-9-5-3-4-6-9/h9H,2-8H2,1H3,(H,13,14). The summed E-state index contributed by atoms with van der Waals surface area (Å²) < 4.78 is 10.1. The van der Waals surface area contributed by atoms with E-state index in [1.165, 1.54) is 0 Å². The molecular formula is C12H19NO4S. The number of thiocarbonyl (C=S) groups is 1. The molecule has 1 aliphatic rings. The van der Waals surface area contributed by atoms with Crippen LogP contribution in [-0.4, -0.2) is 36.2 Å². The summed E-state index contributed by atoms with van der Waals surface area (Å²) in [6.45, 7) is 2.64. The van der Waals surface area contributed by atoms with Gasteiger partial charge in [0.2, 0.25) is 0 Å². The first-order valence-electron chi connectivity index (χ1n) is 6.28. The summed E-state index contributed by atoms with van der Waals surface area (Å²) in [5.74, 6) is -1.51. The second-order valence-corrected chi connectivity index (χ2v) is 4.58. The van der Waals surface area contributed by atoms with Crippen molar-refractivity contribution in [3.8, 4) is 0 Å². The minimum atomic E-state index is -0.802. The van der Waals surface area contributed by atoms with E-state index in [0.29, 0.717) is 18.1 Å². The highest BCUT2D eigenvalue weighted by Gasteiger charge is 2.23. The third-order valence-corrected chi connectivity index (χ3v) is 3.00. The molecule has 0 aromatic heterocycles. The van der Waals surface area contributed by atoms with Crippen molar-refractivity contribution in [2.75, 3.05) is 13.2 Å². The molecule has 1 fully saturated rings. The second-order valence-electron chi connectivity index (χ2n) is 4.12. The van der Waals surface area contributed by atoms with Crippen LogP contribution in [0, 0.1) is 0 Å². The van der Waals surface area contributed by atoms with Crippen molar-refractivity contribution in [2.24, 2.45) is 0 Å². The molecule has 5 nitrogen and oxygen atoms in total. The van der Waals surface area contributed by atoms with E-state index in [1.54, 1.807) is 0 Å². The lowest BCUT2D eigenvalue weighted by Gasteiger charge is -2.11. The average Bonchev–Trinajstić information content (AvgIpc) is 2.82. The molecule has 1 saturated carbocycles. The van der Waals surface area contributed by atoms with Crippen LogP contribution in [0.5, 0.6) is 0 Å². The van der Waals surface area contributed by atoms with Crippen molar-refractivity contribution in [1.29, 1.82) is 0 Å². The SMILES string of the molecule is CCOC(=S)CCNC(=O)C(=O)OC1CCCC1. The molecule has 18 heavy (non-hydrogen) atoms. The Kier molecular flexibility index (Phi) is 6.64. The van der Waals surface area contributed by atoms with Crippen LogP contribution < -0.4 is 5.32 Å². The number of carbonyl (C=O) groups excluding carboxylic acids is 2. The smallest absolute Gasteiger partial charge is 0.397 e. The molecule has 1 amide bonds. The first kappa shape index (κ1) is 14.9. The van der Waals surface area contributed by atoms with Crippen LogP contribution in [0.4, 0.5) is 0 Å². The number of carbonyl (C=O) groups is 2. The predicted octanol–water partition coefficient (Wildman–Crippen LogP) is 1.34. The van der Waals surface area contributed by atoms with Crippen molar-refractivity contribution in [1.82, 2.24) is 5.32 Å². The van der Waals surface area contributed by atoms with Crippen molar-refractivity contribution in [2.45, 2.75) is 45.1 Å². The molecule has 0 atom stereocenters. The Hall–Kier alpha value is -1.17. The minimum absolute atomic E-state index is 0.0900.